The maximum Gasteiger partial charge on any atom is 0.236 e. The van der Waals surface area contributed by atoms with E-state index in [1.807, 2.05) is 6.92 Å². The van der Waals surface area contributed by atoms with Crippen molar-refractivity contribution < 1.29 is 4.79 Å². The molecule has 1 saturated heterocycles. The van der Waals surface area contributed by atoms with Crippen molar-refractivity contribution in [1.82, 2.24) is 19.7 Å². The van der Waals surface area contributed by atoms with E-state index in [2.05, 4.69) is 38.4 Å². The van der Waals surface area contributed by atoms with Gasteiger partial charge in [-0.1, -0.05) is 37.9 Å². The summed E-state index contributed by atoms with van der Waals surface area (Å²) in [5, 5.41) is 9.96. The van der Waals surface area contributed by atoms with Crippen molar-refractivity contribution in [3.8, 4) is 0 Å². The molecule has 1 aromatic heterocycles. The van der Waals surface area contributed by atoms with Gasteiger partial charge in [0.1, 0.15) is 0 Å². The fourth-order valence-corrected chi connectivity index (χ4v) is 5.84. The quantitative estimate of drug-likeness (QED) is 0.609. The van der Waals surface area contributed by atoms with Gasteiger partial charge in [-0.15, -0.1) is 10.2 Å². The van der Waals surface area contributed by atoms with Gasteiger partial charge < -0.3 is 9.80 Å². The molecule has 6 nitrogen and oxygen atoms in total. The van der Waals surface area contributed by atoms with E-state index in [0.29, 0.717) is 12.1 Å². The topological polar surface area (TPSA) is 54.3 Å². The van der Waals surface area contributed by atoms with Gasteiger partial charge in [0.25, 0.3) is 0 Å². The van der Waals surface area contributed by atoms with Gasteiger partial charge in [-0.25, -0.2) is 0 Å². The smallest absolute Gasteiger partial charge is 0.236 e. The number of hydrogen-bond donors (Lipinski definition) is 0. The summed E-state index contributed by atoms with van der Waals surface area (Å²) in [6, 6.07) is 0.946. The van der Waals surface area contributed by atoms with E-state index in [1.54, 1.807) is 11.8 Å². The maximum atomic E-state index is 13.3. The molecule has 4 rings (SSSR count). The molecule has 0 N–H and O–H groups in total. The molecule has 29 heavy (non-hydrogen) atoms. The molecule has 1 aromatic rings. The van der Waals surface area contributed by atoms with Crippen LogP contribution in [0.5, 0.6) is 0 Å². The average Bonchev–Trinajstić information content (AvgIpc) is 3.50. The van der Waals surface area contributed by atoms with Crippen molar-refractivity contribution >= 4 is 23.6 Å². The predicted molar refractivity (Wildman–Crippen MR) is 118 cm³/mol. The first-order valence-corrected chi connectivity index (χ1v) is 12.6. The Bertz CT molecular complexity index is 689. The van der Waals surface area contributed by atoms with E-state index in [-0.39, 0.29) is 11.2 Å². The Hall–Kier alpha value is -1.24. The third-order valence-electron chi connectivity index (χ3n) is 6.89. The largest absolute Gasteiger partial charge is 0.341 e. The highest BCUT2D eigenvalue weighted by atomic mass is 32.2. The average molecular weight is 420 g/mol. The number of rotatable bonds is 7. The van der Waals surface area contributed by atoms with Gasteiger partial charge >= 0.3 is 0 Å². The number of carbonyl (C=O) groups excluding carboxylic acids is 1. The number of anilines is 1. The first-order valence-electron chi connectivity index (χ1n) is 11.8. The first-order chi connectivity index (χ1) is 14.1. The number of amides is 1. The van der Waals surface area contributed by atoms with Crippen LogP contribution < -0.4 is 4.90 Å². The lowest BCUT2D eigenvalue weighted by Gasteiger charge is -2.35. The summed E-state index contributed by atoms with van der Waals surface area (Å²) in [6.45, 7) is 9.44. The Morgan fingerprint density at radius 3 is 2.41 bits per heavy atom. The Labute approximate surface area is 179 Å². The highest BCUT2D eigenvalue weighted by molar-refractivity contribution is 8.00. The number of carbonyl (C=O) groups is 1. The summed E-state index contributed by atoms with van der Waals surface area (Å²) >= 11 is 1.61. The lowest BCUT2D eigenvalue weighted by Crippen LogP contribution is -2.44. The van der Waals surface area contributed by atoms with Crippen molar-refractivity contribution in [3.63, 3.8) is 0 Å². The Morgan fingerprint density at radius 1 is 1.10 bits per heavy atom. The van der Waals surface area contributed by atoms with E-state index in [4.69, 9.17) is 0 Å². The normalized spacial score (nSPS) is 22.7. The molecule has 2 saturated carbocycles. The van der Waals surface area contributed by atoms with Crippen molar-refractivity contribution in [1.29, 1.82) is 0 Å². The zero-order chi connectivity index (χ0) is 20.4. The maximum absolute atomic E-state index is 13.3. The number of aromatic nitrogens is 3. The standard InChI is InChI=1S/C22H37N5OS/c1-4-26(18-8-6-5-7-9-18)20(28)17(3)29-22-24-23-21(27(22)19-10-11-19)25-14-12-16(2)13-15-25/h16-19H,4-15H2,1-3H3. The second kappa shape index (κ2) is 9.27. The Kier molecular flexibility index (Phi) is 6.72. The van der Waals surface area contributed by atoms with Crippen LogP contribution in [0.3, 0.4) is 0 Å². The van der Waals surface area contributed by atoms with Gasteiger partial charge in [-0.3, -0.25) is 9.36 Å². The van der Waals surface area contributed by atoms with Crippen LogP contribution in [0.2, 0.25) is 0 Å². The second-order valence-corrected chi connectivity index (χ2v) is 10.5. The molecular formula is C22H37N5OS. The van der Waals surface area contributed by atoms with Crippen molar-refractivity contribution in [2.24, 2.45) is 5.92 Å². The highest BCUT2D eigenvalue weighted by Crippen LogP contribution is 2.42. The minimum Gasteiger partial charge on any atom is -0.341 e. The van der Waals surface area contributed by atoms with Gasteiger partial charge in [0.2, 0.25) is 11.9 Å². The monoisotopic (exact) mass is 419 g/mol. The van der Waals surface area contributed by atoms with E-state index >= 15 is 0 Å². The van der Waals surface area contributed by atoms with Crippen molar-refractivity contribution in [2.45, 2.75) is 101 Å². The molecule has 0 spiro atoms. The summed E-state index contributed by atoms with van der Waals surface area (Å²) in [6.07, 6.45) is 11.0. The summed E-state index contributed by atoms with van der Waals surface area (Å²) in [7, 11) is 0. The molecule has 1 aliphatic heterocycles. The van der Waals surface area contributed by atoms with Gasteiger partial charge in [-0.2, -0.15) is 0 Å². The molecule has 2 aliphatic carbocycles. The molecule has 1 unspecified atom stereocenters. The Morgan fingerprint density at radius 2 is 1.79 bits per heavy atom. The molecule has 7 heteroatoms. The van der Waals surface area contributed by atoms with Crippen LogP contribution in [-0.2, 0) is 4.79 Å². The highest BCUT2D eigenvalue weighted by Gasteiger charge is 2.35. The fraction of sp³-hybridized carbons (Fsp3) is 0.864. The van der Waals surface area contributed by atoms with Crippen LogP contribution in [0, 0.1) is 5.92 Å². The van der Waals surface area contributed by atoms with E-state index in [0.717, 1.165) is 49.5 Å². The molecule has 162 valence electrons. The Balaban J connectivity index is 1.46. The van der Waals surface area contributed by atoms with E-state index in [1.165, 1.54) is 44.9 Å². The SMILES string of the molecule is CCN(C(=O)C(C)Sc1nnc(N2CCC(C)CC2)n1C1CC1)C1CCCCC1. The molecule has 3 aliphatic rings. The van der Waals surface area contributed by atoms with Crippen LogP contribution >= 0.6 is 11.8 Å². The molecule has 2 heterocycles. The molecule has 0 aromatic carbocycles. The summed E-state index contributed by atoms with van der Waals surface area (Å²) < 4.78 is 2.33. The van der Waals surface area contributed by atoms with E-state index < -0.39 is 0 Å². The van der Waals surface area contributed by atoms with Gasteiger partial charge in [0.05, 0.1) is 5.25 Å². The zero-order valence-electron chi connectivity index (χ0n) is 18.3. The number of thioether (sulfide) groups is 1. The lowest BCUT2D eigenvalue weighted by atomic mass is 9.94. The van der Waals surface area contributed by atoms with Gasteiger partial charge in [0.15, 0.2) is 5.16 Å². The first kappa shape index (κ1) is 21.0. The van der Waals surface area contributed by atoms with Gasteiger partial charge in [-0.05, 0) is 58.3 Å². The lowest BCUT2D eigenvalue weighted by molar-refractivity contribution is -0.133. The van der Waals surface area contributed by atoms with Crippen LogP contribution in [-0.4, -0.2) is 56.5 Å². The molecule has 1 atom stereocenters. The number of piperidine rings is 1. The van der Waals surface area contributed by atoms with Crippen LogP contribution in [0.1, 0.15) is 84.6 Å². The van der Waals surface area contributed by atoms with Crippen LogP contribution in [0.15, 0.2) is 5.16 Å². The summed E-state index contributed by atoms with van der Waals surface area (Å²) in [5.74, 6) is 2.10. The van der Waals surface area contributed by atoms with Crippen molar-refractivity contribution in [2.75, 3.05) is 24.5 Å². The summed E-state index contributed by atoms with van der Waals surface area (Å²) in [4.78, 5) is 17.8. The van der Waals surface area contributed by atoms with Crippen molar-refractivity contribution in [3.05, 3.63) is 0 Å². The zero-order valence-corrected chi connectivity index (χ0v) is 19.2. The molecule has 1 amide bonds. The second-order valence-electron chi connectivity index (χ2n) is 9.23. The molecule has 0 radical (unpaired) electrons. The molecule has 3 fully saturated rings. The summed E-state index contributed by atoms with van der Waals surface area (Å²) in [5.41, 5.74) is 0. The third kappa shape index (κ3) is 4.75. The predicted octanol–water partition coefficient (Wildman–Crippen LogP) is 4.51. The van der Waals surface area contributed by atoms with Crippen LogP contribution in [0.25, 0.3) is 0 Å². The minimum absolute atomic E-state index is 0.118. The molecular weight excluding hydrogens is 382 g/mol. The van der Waals surface area contributed by atoms with Crippen LogP contribution in [0.4, 0.5) is 5.95 Å². The minimum atomic E-state index is -0.118. The molecule has 0 bridgehead atoms. The van der Waals surface area contributed by atoms with Gasteiger partial charge in [0, 0.05) is 31.7 Å². The fourth-order valence-electron chi connectivity index (χ4n) is 4.85. The third-order valence-corrected chi connectivity index (χ3v) is 7.94. The number of hydrogen-bond acceptors (Lipinski definition) is 5. The number of nitrogens with zero attached hydrogens (tertiary/aromatic N) is 5. The van der Waals surface area contributed by atoms with E-state index in [9.17, 15) is 4.79 Å².